The molecule has 1 saturated carbocycles. The number of fused-ring (bicyclic) bond motifs is 1. The van der Waals surface area contributed by atoms with E-state index in [1.807, 2.05) is 29.7 Å². The summed E-state index contributed by atoms with van der Waals surface area (Å²) in [6.07, 6.45) is 5.95. The van der Waals surface area contributed by atoms with E-state index in [0.29, 0.717) is 0 Å². The Morgan fingerprint density at radius 3 is 2.87 bits per heavy atom. The van der Waals surface area contributed by atoms with E-state index in [4.69, 9.17) is 4.74 Å². The van der Waals surface area contributed by atoms with Gasteiger partial charge in [-0.05, 0) is 25.8 Å². The molecule has 1 N–H and O–H groups in total. The molecule has 4 rings (SSSR count). The van der Waals surface area contributed by atoms with Gasteiger partial charge in [-0.2, -0.15) is 0 Å². The van der Waals surface area contributed by atoms with Crippen molar-refractivity contribution in [3.63, 3.8) is 0 Å². The molecule has 3 aromatic rings. The van der Waals surface area contributed by atoms with Crippen molar-refractivity contribution in [3.8, 4) is 5.75 Å². The van der Waals surface area contributed by atoms with Crippen LogP contribution in [0.25, 0.3) is 5.65 Å². The summed E-state index contributed by atoms with van der Waals surface area (Å²) in [5, 5.41) is 11.8. The number of nitrogens with zero attached hydrogens (tertiary/aromatic N) is 4. The van der Waals surface area contributed by atoms with Crippen molar-refractivity contribution in [2.45, 2.75) is 25.2 Å². The highest BCUT2D eigenvalue weighted by molar-refractivity contribution is 5.62. The Morgan fingerprint density at radius 2 is 2.09 bits per heavy atom. The van der Waals surface area contributed by atoms with Crippen molar-refractivity contribution in [2.75, 3.05) is 19.0 Å². The molecule has 0 unspecified atom stereocenters. The molecule has 1 aliphatic rings. The number of benzene rings is 1. The fourth-order valence-electron chi connectivity index (χ4n) is 3.09. The fraction of sp³-hybridized carbons (Fsp3) is 0.353. The Balaban J connectivity index is 1.61. The minimum Gasteiger partial charge on any atom is -0.496 e. The van der Waals surface area contributed by atoms with Crippen LogP contribution in [0.3, 0.4) is 0 Å². The number of rotatable bonds is 5. The highest BCUT2D eigenvalue weighted by atomic mass is 16.5. The van der Waals surface area contributed by atoms with Crippen molar-refractivity contribution in [3.05, 3.63) is 48.0 Å². The lowest BCUT2D eigenvalue weighted by Gasteiger charge is -2.19. The molecule has 2 heterocycles. The van der Waals surface area contributed by atoms with Gasteiger partial charge in [0.2, 0.25) is 5.65 Å². The van der Waals surface area contributed by atoms with Crippen molar-refractivity contribution in [2.24, 2.45) is 0 Å². The van der Waals surface area contributed by atoms with Gasteiger partial charge < -0.3 is 10.1 Å². The third-order valence-corrected chi connectivity index (χ3v) is 4.62. The van der Waals surface area contributed by atoms with Gasteiger partial charge in [0.25, 0.3) is 0 Å². The quantitative estimate of drug-likeness (QED) is 0.785. The zero-order valence-corrected chi connectivity index (χ0v) is 13.3. The standard InChI is InChI=1S/C17H19N5O/c1-12-20-21-16-15(18-9-10-22(12)16)19-11-17(7-8-17)13-5-3-4-6-14(13)23-2/h3-6,9-10H,7-8,11H2,1-2H3,(H,18,19). The van der Waals surface area contributed by atoms with Gasteiger partial charge in [0, 0.05) is 29.9 Å². The number of aromatic nitrogens is 4. The molecule has 23 heavy (non-hydrogen) atoms. The number of hydrogen-bond donors (Lipinski definition) is 1. The van der Waals surface area contributed by atoms with E-state index in [1.54, 1.807) is 13.3 Å². The highest BCUT2D eigenvalue weighted by Gasteiger charge is 2.46. The summed E-state index contributed by atoms with van der Waals surface area (Å²) in [7, 11) is 1.73. The first-order chi connectivity index (χ1) is 11.2. The Morgan fingerprint density at radius 1 is 1.26 bits per heavy atom. The van der Waals surface area contributed by atoms with Crippen LogP contribution in [0.4, 0.5) is 5.82 Å². The predicted molar refractivity (Wildman–Crippen MR) is 87.9 cm³/mol. The molecule has 0 saturated heterocycles. The van der Waals surface area contributed by atoms with E-state index in [0.717, 1.165) is 42.4 Å². The monoisotopic (exact) mass is 309 g/mol. The molecular formula is C17H19N5O. The Hall–Kier alpha value is -2.63. The van der Waals surface area contributed by atoms with Crippen LogP contribution in [0, 0.1) is 6.92 Å². The molecule has 2 aromatic heterocycles. The van der Waals surface area contributed by atoms with Crippen LogP contribution in [0.2, 0.25) is 0 Å². The topological polar surface area (TPSA) is 64.3 Å². The SMILES string of the molecule is COc1ccccc1C1(CNc2nccn3c(C)nnc23)CC1. The van der Waals surface area contributed by atoms with Crippen LogP contribution in [0.15, 0.2) is 36.7 Å². The number of nitrogens with one attached hydrogen (secondary N) is 1. The van der Waals surface area contributed by atoms with Crippen molar-refractivity contribution in [1.29, 1.82) is 0 Å². The smallest absolute Gasteiger partial charge is 0.203 e. The largest absolute Gasteiger partial charge is 0.496 e. The maximum absolute atomic E-state index is 5.53. The van der Waals surface area contributed by atoms with Crippen LogP contribution in [0.1, 0.15) is 24.2 Å². The Kier molecular flexibility index (Phi) is 3.18. The van der Waals surface area contributed by atoms with Crippen molar-refractivity contribution >= 4 is 11.5 Å². The van der Waals surface area contributed by atoms with E-state index in [-0.39, 0.29) is 5.41 Å². The molecule has 1 aliphatic carbocycles. The lowest BCUT2D eigenvalue weighted by molar-refractivity contribution is 0.404. The number of aryl methyl sites for hydroxylation is 1. The number of ether oxygens (including phenoxy) is 1. The van der Waals surface area contributed by atoms with Crippen LogP contribution in [-0.4, -0.2) is 33.2 Å². The maximum Gasteiger partial charge on any atom is 0.203 e. The molecule has 0 aliphatic heterocycles. The average molecular weight is 309 g/mol. The molecule has 0 atom stereocenters. The third kappa shape index (κ3) is 2.30. The first kappa shape index (κ1) is 14.0. The van der Waals surface area contributed by atoms with Crippen LogP contribution < -0.4 is 10.1 Å². The van der Waals surface area contributed by atoms with Gasteiger partial charge in [0.05, 0.1) is 7.11 Å². The van der Waals surface area contributed by atoms with Crippen LogP contribution >= 0.6 is 0 Å². The zero-order valence-electron chi connectivity index (χ0n) is 13.3. The number of para-hydroxylation sites is 1. The molecule has 6 nitrogen and oxygen atoms in total. The summed E-state index contributed by atoms with van der Waals surface area (Å²) in [5.74, 6) is 2.59. The lowest BCUT2D eigenvalue weighted by atomic mass is 9.95. The predicted octanol–water partition coefficient (Wildman–Crippen LogP) is 2.59. The molecule has 0 spiro atoms. The molecular weight excluding hydrogens is 290 g/mol. The van der Waals surface area contributed by atoms with Gasteiger partial charge in [-0.25, -0.2) is 4.98 Å². The summed E-state index contributed by atoms with van der Waals surface area (Å²) in [5.41, 5.74) is 2.15. The molecule has 1 aromatic carbocycles. The van der Waals surface area contributed by atoms with Crippen molar-refractivity contribution in [1.82, 2.24) is 19.6 Å². The number of hydrogen-bond acceptors (Lipinski definition) is 5. The van der Waals surface area contributed by atoms with E-state index in [1.165, 1.54) is 5.56 Å². The Labute approximate surface area is 134 Å². The third-order valence-electron chi connectivity index (χ3n) is 4.62. The molecule has 118 valence electrons. The van der Waals surface area contributed by atoms with Gasteiger partial charge in [-0.3, -0.25) is 4.40 Å². The number of methoxy groups -OCH3 is 1. The van der Waals surface area contributed by atoms with E-state index < -0.39 is 0 Å². The summed E-state index contributed by atoms with van der Waals surface area (Å²) in [4.78, 5) is 4.42. The normalized spacial score (nSPS) is 15.6. The van der Waals surface area contributed by atoms with Gasteiger partial charge >= 0.3 is 0 Å². The van der Waals surface area contributed by atoms with E-state index >= 15 is 0 Å². The summed E-state index contributed by atoms with van der Waals surface area (Å²) >= 11 is 0. The summed E-state index contributed by atoms with van der Waals surface area (Å²) in [6.45, 7) is 2.74. The first-order valence-electron chi connectivity index (χ1n) is 7.77. The van der Waals surface area contributed by atoms with Gasteiger partial charge in [0.15, 0.2) is 5.82 Å². The Bertz CT molecular complexity index is 853. The second-order valence-electron chi connectivity index (χ2n) is 6.05. The van der Waals surface area contributed by atoms with Gasteiger partial charge in [-0.1, -0.05) is 18.2 Å². The van der Waals surface area contributed by atoms with Gasteiger partial charge in [-0.15, -0.1) is 10.2 Å². The molecule has 0 bridgehead atoms. The second kappa shape index (κ2) is 5.22. The van der Waals surface area contributed by atoms with Gasteiger partial charge in [0.1, 0.15) is 11.6 Å². The van der Waals surface area contributed by atoms with E-state index in [9.17, 15) is 0 Å². The average Bonchev–Trinajstić information content (AvgIpc) is 3.30. The van der Waals surface area contributed by atoms with Crippen molar-refractivity contribution < 1.29 is 4.74 Å². The number of anilines is 1. The zero-order chi connectivity index (χ0) is 15.9. The molecule has 0 radical (unpaired) electrons. The van der Waals surface area contributed by atoms with Crippen LogP contribution in [0.5, 0.6) is 5.75 Å². The minimum absolute atomic E-state index is 0.121. The summed E-state index contributed by atoms with van der Waals surface area (Å²) < 4.78 is 7.47. The highest BCUT2D eigenvalue weighted by Crippen LogP contribution is 2.51. The maximum atomic E-state index is 5.53. The first-order valence-corrected chi connectivity index (χ1v) is 7.77. The van der Waals surface area contributed by atoms with Crippen LogP contribution in [-0.2, 0) is 5.41 Å². The van der Waals surface area contributed by atoms with E-state index in [2.05, 4.69) is 32.6 Å². The minimum atomic E-state index is 0.121. The molecule has 6 heteroatoms. The molecule has 1 fully saturated rings. The lowest BCUT2D eigenvalue weighted by Crippen LogP contribution is -2.21. The second-order valence-corrected chi connectivity index (χ2v) is 6.05. The summed E-state index contributed by atoms with van der Waals surface area (Å²) in [6, 6.07) is 8.25. The molecule has 0 amide bonds. The fourth-order valence-corrected chi connectivity index (χ4v) is 3.09.